The van der Waals surface area contributed by atoms with Crippen LogP contribution < -0.4 is 0 Å². The fourth-order valence-electron chi connectivity index (χ4n) is 1.13. The van der Waals surface area contributed by atoms with Gasteiger partial charge in [-0.05, 0) is 17.7 Å². The minimum absolute atomic E-state index is 0.166. The highest BCUT2D eigenvalue weighted by molar-refractivity contribution is 5.52. The van der Waals surface area contributed by atoms with Crippen LogP contribution in [0.25, 0.3) is 6.08 Å². The summed E-state index contributed by atoms with van der Waals surface area (Å²) in [6.07, 6.45) is 1.90. The summed E-state index contributed by atoms with van der Waals surface area (Å²) in [6, 6.07) is 8.65. The largest absolute Gasteiger partial charge is 0.259 e. The predicted octanol–water partition coefficient (Wildman–Crippen LogP) is 2.59. The molecule has 0 amide bonds. The minimum Gasteiger partial charge on any atom is -0.259 e. The van der Waals surface area contributed by atoms with E-state index in [-0.39, 0.29) is 5.70 Å². The molecule has 1 aromatic rings. The summed E-state index contributed by atoms with van der Waals surface area (Å²) in [7, 11) is 0. The van der Waals surface area contributed by atoms with Gasteiger partial charge < -0.3 is 0 Å². The van der Waals surface area contributed by atoms with Crippen molar-refractivity contribution in [2.24, 2.45) is 0 Å². The average Bonchev–Trinajstić information content (AvgIpc) is 2.26. The van der Waals surface area contributed by atoms with E-state index in [0.29, 0.717) is 12.0 Å². The van der Waals surface area contributed by atoms with Gasteiger partial charge in [-0.15, -0.1) is 0 Å². The first-order valence-corrected chi connectivity index (χ1v) is 4.52. The van der Waals surface area contributed by atoms with E-state index in [1.54, 1.807) is 31.2 Å². The Morgan fingerprint density at radius 2 is 2.13 bits per heavy atom. The van der Waals surface area contributed by atoms with Crippen LogP contribution in [-0.4, -0.2) is 4.92 Å². The van der Waals surface area contributed by atoms with E-state index in [1.165, 1.54) is 6.08 Å². The molecule has 0 saturated heterocycles. The van der Waals surface area contributed by atoms with E-state index in [4.69, 9.17) is 5.26 Å². The van der Waals surface area contributed by atoms with E-state index in [1.807, 2.05) is 6.07 Å². The Balaban J connectivity index is 2.98. The lowest BCUT2D eigenvalue weighted by atomic mass is 10.1. The van der Waals surface area contributed by atoms with Gasteiger partial charge in [0.2, 0.25) is 5.70 Å². The zero-order chi connectivity index (χ0) is 11.3. The van der Waals surface area contributed by atoms with Gasteiger partial charge in [0.25, 0.3) is 0 Å². The van der Waals surface area contributed by atoms with Crippen molar-refractivity contribution in [3.8, 4) is 6.07 Å². The highest BCUT2D eigenvalue weighted by Crippen LogP contribution is 2.11. The fourth-order valence-corrected chi connectivity index (χ4v) is 1.13. The van der Waals surface area contributed by atoms with Gasteiger partial charge >= 0.3 is 0 Å². The van der Waals surface area contributed by atoms with Crippen molar-refractivity contribution in [3.05, 3.63) is 51.2 Å². The second kappa shape index (κ2) is 4.91. The van der Waals surface area contributed by atoms with E-state index >= 15 is 0 Å². The Morgan fingerprint density at radius 1 is 1.53 bits per heavy atom. The topological polar surface area (TPSA) is 66.9 Å². The molecule has 76 valence electrons. The summed E-state index contributed by atoms with van der Waals surface area (Å²) in [6.45, 7) is 1.73. The lowest BCUT2D eigenvalue weighted by Gasteiger charge is -1.95. The molecule has 0 aliphatic carbocycles. The van der Waals surface area contributed by atoms with Gasteiger partial charge in [-0.25, -0.2) is 0 Å². The van der Waals surface area contributed by atoms with Crippen molar-refractivity contribution in [2.45, 2.75) is 13.3 Å². The molecule has 0 spiro atoms. The molecule has 0 fully saturated rings. The normalized spacial score (nSPS) is 10.8. The third-order valence-electron chi connectivity index (χ3n) is 1.97. The van der Waals surface area contributed by atoms with Gasteiger partial charge in [0.1, 0.15) is 0 Å². The molecule has 0 aliphatic heterocycles. The predicted molar refractivity (Wildman–Crippen MR) is 56.4 cm³/mol. The number of allylic oxidation sites excluding steroid dienone is 1. The fraction of sp³-hybridized carbons (Fsp3) is 0.182. The number of hydrogen-bond acceptors (Lipinski definition) is 3. The van der Waals surface area contributed by atoms with Crippen LogP contribution in [0.15, 0.2) is 30.0 Å². The molecule has 1 aromatic carbocycles. The SMILES string of the molecule is CC/C(=C\c1ccc(C#N)cc1)[N+](=O)[O-]. The molecular weight excluding hydrogens is 192 g/mol. The Hall–Kier alpha value is -2.15. The van der Waals surface area contributed by atoms with Crippen molar-refractivity contribution in [1.29, 1.82) is 5.26 Å². The van der Waals surface area contributed by atoms with Crippen LogP contribution in [0.5, 0.6) is 0 Å². The highest BCUT2D eigenvalue weighted by atomic mass is 16.6. The summed E-state index contributed by atoms with van der Waals surface area (Å²) >= 11 is 0. The first-order chi connectivity index (χ1) is 7.17. The molecule has 0 radical (unpaired) electrons. The molecule has 0 unspecified atom stereocenters. The van der Waals surface area contributed by atoms with Crippen LogP contribution in [0.1, 0.15) is 24.5 Å². The molecule has 0 saturated carbocycles. The second-order valence-corrected chi connectivity index (χ2v) is 2.98. The Kier molecular flexibility index (Phi) is 3.58. The van der Waals surface area contributed by atoms with Gasteiger partial charge in [0.15, 0.2) is 0 Å². The zero-order valence-corrected chi connectivity index (χ0v) is 8.30. The number of nitriles is 1. The van der Waals surface area contributed by atoms with Gasteiger partial charge in [0, 0.05) is 12.5 Å². The molecule has 1 rings (SSSR count). The van der Waals surface area contributed by atoms with Crippen LogP contribution in [0.3, 0.4) is 0 Å². The van der Waals surface area contributed by atoms with Crippen LogP contribution in [0.2, 0.25) is 0 Å². The van der Waals surface area contributed by atoms with Crippen molar-refractivity contribution in [3.63, 3.8) is 0 Å². The first-order valence-electron chi connectivity index (χ1n) is 4.52. The molecule has 0 N–H and O–H groups in total. The number of hydrogen-bond donors (Lipinski definition) is 0. The minimum atomic E-state index is -0.391. The number of rotatable bonds is 3. The average molecular weight is 202 g/mol. The summed E-state index contributed by atoms with van der Waals surface area (Å²) < 4.78 is 0. The van der Waals surface area contributed by atoms with E-state index in [9.17, 15) is 10.1 Å². The maximum atomic E-state index is 10.5. The highest BCUT2D eigenvalue weighted by Gasteiger charge is 2.06. The van der Waals surface area contributed by atoms with Crippen LogP contribution in [0.4, 0.5) is 0 Å². The second-order valence-electron chi connectivity index (χ2n) is 2.98. The molecule has 0 aromatic heterocycles. The third-order valence-corrected chi connectivity index (χ3v) is 1.97. The summed E-state index contributed by atoms with van der Waals surface area (Å²) in [5.41, 5.74) is 1.45. The Morgan fingerprint density at radius 3 is 2.53 bits per heavy atom. The molecule has 0 atom stereocenters. The van der Waals surface area contributed by atoms with Crippen molar-refractivity contribution in [2.75, 3.05) is 0 Å². The van der Waals surface area contributed by atoms with Crippen LogP contribution >= 0.6 is 0 Å². The molecule has 15 heavy (non-hydrogen) atoms. The summed E-state index contributed by atoms with van der Waals surface area (Å²) in [5, 5.41) is 19.1. The number of nitro groups is 1. The Labute approximate surface area is 87.6 Å². The van der Waals surface area contributed by atoms with Crippen molar-refractivity contribution < 1.29 is 4.92 Å². The lowest BCUT2D eigenvalue weighted by Crippen LogP contribution is -1.96. The molecule has 0 bridgehead atoms. The molecule has 4 nitrogen and oxygen atoms in total. The van der Waals surface area contributed by atoms with Crippen molar-refractivity contribution in [1.82, 2.24) is 0 Å². The quantitative estimate of drug-likeness (QED) is 0.558. The van der Waals surface area contributed by atoms with E-state index < -0.39 is 4.92 Å². The standard InChI is InChI=1S/C11H10N2O2/c1-2-11(13(14)15)7-9-3-5-10(8-12)6-4-9/h3-7H,2H2,1H3/b11-7+. The summed E-state index contributed by atoms with van der Waals surface area (Å²) in [5.74, 6) is 0. The number of nitrogens with zero attached hydrogens (tertiary/aromatic N) is 2. The maximum absolute atomic E-state index is 10.5. The van der Waals surface area contributed by atoms with E-state index in [0.717, 1.165) is 5.56 Å². The zero-order valence-electron chi connectivity index (χ0n) is 8.30. The van der Waals surface area contributed by atoms with Crippen LogP contribution in [-0.2, 0) is 0 Å². The van der Waals surface area contributed by atoms with Gasteiger partial charge in [-0.2, -0.15) is 5.26 Å². The monoisotopic (exact) mass is 202 g/mol. The van der Waals surface area contributed by atoms with E-state index in [2.05, 4.69) is 0 Å². The first kappa shape index (κ1) is 10.9. The molecule has 0 aliphatic rings. The van der Waals surface area contributed by atoms with Crippen LogP contribution in [0, 0.1) is 21.4 Å². The smallest absolute Gasteiger partial charge is 0.246 e. The third kappa shape index (κ3) is 2.92. The Bertz CT molecular complexity index is 427. The summed E-state index contributed by atoms with van der Waals surface area (Å²) in [4.78, 5) is 10.2. The number of benzene rings is 1. The van der Waals surface area contributed by atoms with Gasteiger partial charge in [-0.3, -0.25) is 10.1 Å². The molecular formula is C11H10N2O2. The van der Waals surface area contributed by atoms with Gasteiger partial charge in [-0.1, -0.05) is 19.1 Å². The maximum Gasteiger partial charge on any atom is 0.246 e. The molecule has 4 heteroatoms. The lowest BCUT2D eigenvalue weighted by molar-refractivity contribution is -0.425. The van der Waals surface area contributed by atoms with Gasteiger partial charge in [0.05, 0.1) is 16.6 Å². The molecule has 0 heterocycles. The van der Waals surface area contributed by atoms with Crippen molar-refractivity contribution >= 4 is 6.08 Å².